The molecule has 0 bridgehead atoms. The molecule has 0 radical (unpaired) electrons. The number of fused-ring (bicyclic) bond motifs is 1. The molecule has 0 unspecified atom stereocenters. The van der Waals surface area contributed by atoms with Crippen LogP contribution in [0.5, 0.6) is 0 Å². The fourth-order valence-corrected chi connectivity index (χ4v) is 4.38. The van der Waals surface area contributed by atoms with E-state index in [4.69, 9.17) is 21.3 Å². The number of aromatic nitrogens is 1. The molecule has 1 fully saturated rings. The summed E-state index contributed by atoms with van der Waals surface area (Å²) < 4.78 is 5.64. The summed E-state index contributed by atoms with van der Waals surface area (Å²) in [5, 5.41) is 13.1. The zero-order valence-electron chi connectivity index (χ0n) is 18.7. The van der Waals surface area contributed by atoms with Crippen LogP contribution in [-0.4, -0.2) is 39.3 Å². The number of rotatable bonds is 3. The minimum Gasteiger partial charge on any atom is -0.444 e. The SMILES string of the molecule is CC(C)(C)OC(=O)N1CCCC[C@H]1[C@H](O)c1cc(-c2ccc(Cl)cc2)nc2ccccc12. The summed E-state index contributed by atoms with van der Waals surface area (Å²) in [6.07, 6.45) is 1.33. The van der Waals surface area contributed by atoms with Crippen molar-refractivity contribution in [3.8, 4) is 11.3 Å². The number of nitrogens with zero attached hydrogens (tertiary/aromatic N) is 2. The number of hydrogen-bond acceptors (Lipinski definition) is 4. The number of aliphatic hydroxyl groups is 1. The van der Waals surface area contributed by atoms with Crippen molar-refractivity contribution in [2.75, 3.05) is 6.54 Å². The van der Waals surface area contributed by atoms with Crippen molar-refractivity contribution in [1.82, 2.24) is 9.88 Å². The summed E-state index contributed by atoms with van der Waals surface area (Å²) in [5.41, 5.74) is 2.65. The van der Waals surface area contributed by atoms with Crippen molar-refractivity contribution in [1.29, 1.82) is 0 Å². The first-order valence-electron chi connectivity index (χ1n) is 11.1. The predicted molar refractivity (Wildman–Crippen MR) is 128 cm³/mol. The smallest absolute Gasteiger partial charge is 0.410 e. The Labute approximate surface area is 194 Å². The number of benzene rings is 2. The maximum atomic E-state index is 12.9. The molecule has 1 amide bonds. The van der Waals surface area contributed by atoms with E-state index in [1.807, 2.05) is 75.4 Å². The first kappa shape index (κ1) is 22.6. The zero-order valence-corrected chi connectivity index (χ0v) is 19.5. The second-order valence-electron chi connectivity index (χ2n) is 9.30. The highest BCUT2D eigenvalue weighted by Crippen LogP contribution is 2.35. The van der Waals surface area contributed by atoms with Gasteiger partial charge >= 0.3 is 6.09 Å². The molecule has 168 valence electrons. The van der Waals surface area contributed by atoms with Gasteiger partial charge in [-0.25, -0.2) is 9.78 Å². The second kappa shape index (κ2) is 9.08. The highest BCUT2D eigenvalue weighted by atomic mass is 35.5. The van der Waals surface area contributed by atoms with Gasteiger partial charge in [0.1, 0.15) is 11.7 Å². The minimum atomic E-state index is -0.859. The summed E-state index contributed by atoms with van der Waals surface area (Å²) in [5.74, 6) is 0. The Bertz CT molecular complexity index is 1110. The lowest BCUT2D eigenvalue weighted by atomic mass is 9.90. The molecule has 0 spiro atoms. The summed E-state index contributed by atoms with van der Waals surface area (Å²) in [7, 11) is 0. The van der Waals surface area contributed by atoms with Crippen molar-refractivity contribution in [3.63, 3.8) is 0 Å². The maximum Gasteiger partial charge on any atom is 0.410 e. The average molecular weight is 453 g/mol. The summed E-state index contributed by atoms with van der Waals surface area (Å²) >= 11 is 6.06. The van der Waals surface area contributed by atoms with Crippen LogP contribution >= 0.6 is 11.6 Å². The Balaban J connectivity index is 1.75. The Hall–Kier alpha value is -2.63. The molecule has 32 heavy (non-hydrogen) atoms. The number of aliphatic hydroxyl groups excluding tert-OH is 1. The van der Waals surface area contributed by atoms with Gasteiger partial charge in [-0.15, -0.1) is 0 Å². The standard InChI is InChI=1S/C26H29ClN2O3/c1-26(2,3)32-25(31)29-15-7-6-10-23(29)24(30)20-16-22(17-11-13-18(27)14-12-17)28-21-9-5-4-8-19(20)21/h4-5,8-9,11-14,16,23-24,30H,6-7,10,15H2,1-3H3/t23-,24+/m0/s1. The van der Waals surface area contributed by atoms with Gasteiger partial charge in [0.15, 0.2) is 0 Å². The van der Waals surface area contributed by atoms with Crippen LogP contribution < -0.4 is 0 Å². The van der Waals surface area contributed by atoms with Crippen molar-refractivity contribution >= 4 is 28.6 Å². The molecule has 1 N–H and O–H groups in total. The number of halogens is 1. The van der Waals surface area contributed by atoms with E-state index in [0.29, 0.717) is 18.0 Å². The molecule has 1 aliphatic heterocycles. The van der Waals surface area contributed by atoms with Crippen LogP contribution in [0.25, 0.3) is 22.2 Å². The first-order chi connectivity index (χ1) is 15.2. The fourth-order valence-electron chi connectivity index (χ4n) is 4.26. The minimum absolute atomic E-state index is 0.359. The van der Waals surface area contributed by atoms with Crippen molar-refractivity contribution < 1.29 is 14.6 Å². The maximum absolute atomic E-state index is 12.9. The van der Waals surface area contributed by atoms with Gasteiger partial charge in [-0.2, -0.15) is 0 Å². The van der Waals surface area contributed by atoms with Crippen LogP contribution in [0, 0.1) is 0 Å². The summed E-state index contributed by atoms with van der Waals surface area (Å²) in [6.45, 7) is 6.14. The fraction of sp³-hybridized carbons (Fsp3) is 0.385. The molecule has 3 aromatic rings. The van der Waals surface area contributed by atoms with E-state index >= 15 is 0 Å². The third kappa shape index (κ3) is 4.89. The van der Waals surface area contributed by atoms with Crippen molar-refractivity contribution in [2.45, 2.75) is 57.8 Å². The molecular weight excluding hydrogens is 424 g/mol. The van der Waals surface area contributed by atoms with E-state index in [0.717, 1.165) is 40.6 Å². The van der Waals surface area contributed by atoms with Gasteiger partial charge in [-0.1, -0.05) is 41.9 Å². The first-order valence-corrected chi connectivity index (χ1v) is 11.4. The quantitative estimate of drug-likeness (QED) is 0.501. The Morgan fingerprint density at radius 3 is 2.59 bits per heavy atom. The molecule has 2 atom stereocenters. The van der Waals surface area contributed by atoms with Gasteiger partial charge in [0.2, 0.25) is 0 Å². The normalized spacial score (nSPS) is 17.9. The monoisotopic (exact) mass is 452 g/mol. The molecular formula is C26H29ClN2O3. The van der Waals surface area contributed by atoms with Gasteiger partial charge in [-0.3, -0.25) is 0 Å². The summed E-state index contributed by atoms with van der Waals surface area (Å²) in [6, 6.07) is 16.8. The lowest BCUT2D eigenvalue weighted by Gasteiger charge is -2.39. The van der Waals surface area contributed by atoms with E-state index in [2.05, 4.69) is 0 Å². The van der Waals surface area contributed by atoms with E-state index in [1.54, 1.807) is 4.90 Å². The number of amides is 1. The number of likely N-dealkylation sites (tertiary alicyclic amines) is 1. The molecule has 0 saturated carbocycles. The third-order valence-corrected chi connectivity index (χ3v) is 6.00. The molecule has 2 aromatic carbocycles. The summed E-state index contributed by atoms with van der Waals surface area (Å²) in [4.78, 5) is 19.4. The van der Waals surface area contributed by atoms with Gasteiger partial charge in [-0.05, 0) is 69.9 Å². The molecule has 1 aliphatic rings. The van der Waals surface area contributed by atoms with Crippen LogP contribution in [0.1, 0.15) is 51.7 Å². The van der Waals surface area contributed by atoms with E-state index in [1.165, 1.54) is 0 Å². The molecule has 1 saturated heterocycles. The van der Waals surface area contributed by atoms with Crippen molar-refractivity contribution in [3.05, 3.63) is 65.2 Å². The molecule has 5 nitrogen and oxygen atoms in total. The van der Waals surface area contributed by atoms with Gasteiger partial charge < -0.3 is 14.7 Å². The Kier molecular flexibility index (Phi) is 6.40. The molecule has 0 aliphatic carbocycles. The number of carbonyl (C=O) groups excluding carboxylic acids is 1. The topological polar surface area (TPSA) is 62.7 Å². The van der Waals surface area contributed by atoms with Gasteiger partial charge in [0.25, 0.3) is 0 Å². The predicted octanol–water partition coefficient (Wildman–Crippen LogP) is 6.38. The van der Waals surface area contributed by atoms with Crippen LogP contribution in [0.2, 0.25) is 5.02 Å². The molecule has 4 rings (SSSR count). The average Bonchev–Trinajstić information content (AvgIpc) is 2.77. The lowest BCUT2D eigenvalue weighted by Crippen LogP contribution is -2.48. The number of carbonyl (C=O) groups is 1. The number of para-hydroxylation sites is 1. The number of hydrogen-bond donors (Lipinski definition) is 1. The van der Waals surface area contributed by atoms with E-state index < -0.39 is 11.7 Å². The molecule has 2 heterocycles. The Morgan fingerprint density at radius 2 is 1.88 bits per heavy atom. The largest absolute Gasteiger partial charge is 0.444 e. The zero-order chi connectivity index (χ0) is 22.9. The van der Waals surface area contributed by atoms with Crippen LogP contribution in [0.15, 0.2) is 54.6 Å². The van der Waals surface area contributed by atoms with E-state index in [-0.39, 0.29) is 12.1 Å². The van der Waals surface area contributed by atoms with Gasteiger partial charge in [0, 0.05) is 22.5 Å². The lowest BCUT2D eigenvalue weighted by molar-refractivity contribution is -0.0166. The molecule has 1 aromatic heterocycles. The third-order valence-electron chi connectivity index (χ3n) is 5.75. The van der Waals surface area contributed by atoms with Gasteiger partial charge in [0.05, 0.1) is 17.3 Å². The Morgan fingerprint density at radius 1 is 1.16 bits per heavy atom. The van der Waals surface area contributed by atoms with Crippen LogP contribution in [-0.2, 0) is 4.74 Å². The number of piperidine rings is 1. The van der Waals surface area contributed by atoms with Crippen LogP contribution in [0.3, 0.4) is 0 Å². The highest BCUT2D eigenvalue weighted by molar-refractivity contribution is 6.30. The number of ether oxygens (including phenoxy) is 1. The second-order valence-corrected chi connectivity index (χ2v) is 9.74. The van der Waals surface area contributed by atoms with Crippen LogP contribution in [0.4, 0.5) is 4.79 Å². The van der Waals surface area contributed by atoms with Crippen molar-refractivity contribution in [2.24, 2.45) is 0 Å². The number of pyridine rings is 1. The highest BCUT2D eigenvalue weighted by Gasteiger charge is 2.36. The molecule has 6 heteroatoms. The van der Waals surface area contributed by atoms with E-state index in [9.17, 15) is 9.90 Å².